The molecule has 0 unspecified atom stereocenters. The molecule has 0 aliphatic heterocycles. The molecule has 4 aromatic rings. The maximum Gasteiger partial charge on any atom is 0.276 e. The molecular weight excluding hydrogens is 348 g/mol. The van der Waals surface area contributed by atoms with Crippen molar-refractivity contribution in [3.63, 3.8) is 0 Å². The number of aryl methyl sites for hydroxylation is 1. The number of hydrogen-bond acceptors (Lipinski definition) is 3. The van der Waals surface area contributed by atoms with Gasteiger partial charge >= 0.3 is 0 Å². The number of carbonyl (C=O) groups is 1. The number of carbonyl (C=O) groups excluding carboxylic acids is 1. The molecule has 138 valence electrons. The van der Waals surface area contributed by atoms with Crippen LogP contribution in [-0.2, 0) is 6.42 Å². The Kier molecular flexibility index (Phi) is 4.97. The van der Waals surface area contributed by atoms with Crippen LogP contribution in [0, 0.1) is 0 Å². The van der Waals surface area contributed by atoms with Gasteiger partial charge in [-0.2, -0.15) is 5.10 Å². The molecule has 0 saturated heterocycles. The van der Waals surface area contributed by atoms with Gasteiger partial charge in [-0.1, -0.05) is 37.3 Å². The smallest absolute Gasteiger partial charge is 0.276 e. The van der Waals surface area contributed by atoms with Gasteiger partial charge in [0, 0.05) is 23.6 Å². The normalized spacial score (nSPS) is 10.6. The van der Waals surface area contributed by atoms with Gasteiger partial charge in [0.25, 0.3) is 5.91 Å². The minimum atomic E-state index is -0.241. The van der Waals surface area contributed by atoms with E-state index in [-0.39, 0.29) is 5.91 Å². The quantitative estimate of drug-likeness (QED) is 0.553. The van der Waals surface area contributed by atoms with Crippen molar-refractivity contribution in [1.29, 1.82) is 0 Å². The summed E-state index contributed by atoms with van der Waals surface area (Å²) in [7, 11) is 0. The van der Waals surface area contributed by atoms with Crippen molar-refractivity contribution < 1.29 is 4.79 Å². The van der Waals surface area contributed by atoms with Crippen molar-refractivity contribution >= 4 is 11.6 Å². The lowest BCUT2D eigenvalue weighted by molar-refractivity contribution is 0.102. The van der Waals surface area contributed by atoms with Crippen molar-refractivity contribution in [2.24, 2.45) is 0 Å². The summed E-state index contributed by atoms with van der Waals surface area (Å²) in [6.45, 7) is 2.10. The van der Waals surface area contributed by atoms with Crippen LogP contribution in [0.25, 0.3) is 16.9 Å². The van der Waals surface area contributed by atoms with Crippen molar-refractivity contribution in [1.82, 2.24) is 14.8 Å². The predicted octanol–water partition coefficient (Wildman–Crippen LogP) is 4.75. The summed E-state index contributed by atoms with van der Waals surface area (Å²) in [5, 5.41) is 7.50. The third-order valence-electron chi connectivity index (χ3n) is 4.54. The van der Waals surface area contributed by atoms with E-state index in [1.54, 1.807) is 23.1 Å². The van der Waals surface area contributed by atoms with E-state index in [0.717, 1.165) is 29.1 Å². The van der Waals surface area contributed by atoms with E-state index in [1.165, 1.54) is 5.56 Å². The Labute approximate surface area is 163 Å². The molecule has 1 N–H and O–H groups in total. The van der Waals surface area contributed by atoms with Gasteiger partial charge in [-0.25, -0.2) is 4.68 Å². The second-order valence-corrected chi connectivity index (χ2v) is 6.40. The average Bonchev–Trinajstić information content (AvgIpc) is 3.21. The first kappa shape index (κ1) is 17.7. The van der Waals surface area contributed by atoms with Gasteiger partial charge in [0.1, 0.15) is 0 Å². The molecule has 0 spiro atoms. The van der Waals surface area contributed by atoms with Gasteiger partial charge in [0.15, 0.2) is 5.69 Å². The number of rotatable bonds is 5. The van der Waals surface area contributed by atoms with Crippen LogP contribution in [0.15, 0.2) is 85.2 Å². The Morgan fingerprint density at radius 3 is 2.36 bits per heavy atom. The number of pyridine rings is 1. The van der Waals surface area contributed by atoms with E-state index < -0.39 is 0 Å². The maximum atomic E-state index is 12.8. The van der Waals surface area contributed by atoms with Gasteiger partial charge < -0.3 is 5.32 Å². The molecule has 2 heterocycles. The van der Waals surface area contributed by atoms with Crippen molar-refractivity contribution in [2.45, 2.75) is 13.3 Å². The Hall–Kier alpha value is -3.73. The SMILES string of the molecule is CCc1ccc(NC(=O)c2cc(-c3ccncc3)n(-c3ccccc3)n2)cc1. The lowest BCUT2D eigenvalue weighted by atomic mass is 10.1. The fourth-order valence-corrected chi connectivity index (χ4v) is 3.01. The van der Waals surface area contributed by atoms with Gasteiger partial charge in [-0.05, 0) is 54.4 Å². The van der Waals surface area contributed by atoms with Gasteiger partial charge in [-0.3, -0.25) is 9.78 Å². The zero-order valence-electron chi connectivity index (χ0n) is 15.5. The molecule has 0 saturated carbocycles. The monoisotopic (exact) mass is 368 g/mol. The number of anilines is 1. The van der Waals surface area contributed by atoms with Crippen LogP contribution in [0.1, 0.15) is 23.0 Å². The summed E-state index contributed by atoms with van der Waals surface area (Å²) in [5.41, 5.74) is 5.00. The van der Waals surface area contributed by atoms with Crippen molar-refractivity contribution in [3.05, 3.63) is 96.4 Å². The van der Waals surface area contributed by atoms with Gasteiger partial charge in [0.2, 0.25) is 0 Å². The Morgan fingerprint density at radius 2 is 1.68 bits per heavy atom. The Morgan fingerprint density at radius 1 is 0.964 bits per heavy atom. The average molecular weight is 368 g/mol. The summed E-state index contributed by atoms with van der Waals surface area (Å²) < 4.78 is 1.78. The van der Waals surface area contributed by atoms with E-state index >= 15 is 0 Å². The summed E-state index contributed by atoms with van der Waals surface area (Å²) in [4.78, 5) is 16.9. The second kappa shape index (κ2) is 7.88. The highest BCUT2D eigenvalue weighted by molar-refractivity contribution is 6.03. The molecule has 0 aliphatic carbocycles. The lowest BCUT2D eigenvalue weighted by Crippen LogP contribution is -2.13. The van der Waals surface area contributed by atoms with Gasteiger partial charge in [-0.15, -0.1) is 0 Å². The van der Waals surface area contributed by atoms with Crippen LogP contribution in [0.4, 0.5) is 5.69 Å². The first-order valence-electron chi connectivity index (χ1n) is 9.21. The molecule has 4 rings (SSSR count). The highest BCUT2D eigenvalue weighted by atomic mass is 16.1. The van der Waals surface area contributed by atoms with Crippen LogP contribution in [-0.4, -0.2) is 20.7 Å². The third kappa shape index (κ3) is 3.69. The Bertz CT molecular complexity index is 1010. The van der Waals surface area contributed by atoms with E-state index in [4.69, 9.17) is 0 Å². The topological polar surface area (TPSA) is 59.8 Å². The molecule has 1 amide bonds. The Balaban J connectivity index is 1.69. The summed E-state index contributed by atoms with van der Waals surface area (Å²) in [5.74, 6) is -0.241. The summed E-state index contributed by atoms with van der Waals surface area (Å²) in [6, 6.07) is 23.2. The van der Waals surface area contributed by atoms with Gasteiger partial charge in [0.05, 0.1) is 11.4 Å². The third-order valence-corrected chi connectivity index (χ3v) is 4.54. The van der Waals surface area contributed by atoms with Crippen LogP contribution < -0.4 is 5.32 Å². The largest absolute Gasteiger partial charge is 0.321 e. The number of para-hydroxylation sites is 1. The van der Waals surface area contributed by atoms with E-state index in [0.29, 0.717) is 5.69 Å². The number of benzene rings is 2. The van der Waals surface area contributed by atoms with Crippen molar-refractivity contribution in [2.75, 3.05) is 5.32 Å². The molecule has 0 fully saturated rings. The molecule has 2 aromatic carbocycles. The van der Waals surface area contributed by atoms with E-state index in [1.807, 2.05) is 66.7 Å². The lowest BCUT2D eigenvalue weighted by Gasteiger charge is -2.07. The molecule has 0 radical (unpaired) electrons. The van der Waals surface area contributed by atoms with Crippen LogP contribution >= 0.6 is 0 Å². The molecule has 0 aliphatic rings. The molecule has 0 bridgehead atoms. The number of nitrogens with one attached hydrogen (secondary N) is 1. The summed E-state index contributed by atoms with van der Waals surface area (Å²) in [6.07, 6.45) is 4.42. The molecule has 0 atom stereocenters. The standard InChI is InChI=1S/C23H20N4O/c1-2-17-8-10-19(11-9-17)25-23(28)21-16-22(18-12-14-24-15-13-18)27(26-21)20-6-4-3-5-7-20/h3-16H,2H2,1H3,(H,25,28). The molecule has 5 nitrogen and oxygen atoms in total. The number of aromatic nitrogens is 3. The number of hydrogen-bond donors (Lipinski definition) is 1. The molecule has 28 heavy (non-hydrogen) atoms. The number of amides is 1. The fourth-order valence-electron chi connectivity index (χ4n) is 3.01. The van der Waals surface area contributed by atoms with E-state index in [9.17, 15) is 4.79 Å². The first-order valence-corrected chi connectivity index (χ1v) is 9.21. The predicted molar refractivity (Wildman–Crippen MR) is 111 cm³/mol. The van der Waals surface area contributed by atoms with Crippen molar-refractivity contribution in [3.8, 4) is 16.9 Å². The first-order chi connectivity index (χ1) is 13.7. The maximum absolute atomic E-state index is 12.8. The second-order valence-electron chi connectivity index (χ2n) is 6.40. The zero-order chi connectivity index (χ0) is 19.3. The molecular formula is C23H20N4O. The van der Waals surface area contributed by atoms with Crippen LogP contribution in [0.5, 0.6) is 0 Å². The fraction of sp³-hybridized carbons (Fsp3) is 0.0870. The van der Waals surface area contributed by atoms with Crippen LogP contribution in [0.3, 0.4) is 0 Å². The van der Waals surface area contributed by atoms with E-state index in [2.05, 4.69) is 22.3 Å². The number of nitrogens with zero attached hydrogens (tertiary/aromatic N) is 3. The molecule has 5 heteroatoms. The minimum Gasteiger partial charge on any atom is -0.321 e. The minimum absolute atomic E-state index is 0.241. The van der Waals surface area contributed by atoms with Crippen LogP contribution in [0.2, 0.25) is 0 Å². The summed E-state index contributed by atoms with van der Waals surface area (Å²) >= 11 is 0. The zero-order valence-corrected chi connectivity index (χ0v) is 15.5. The highest BCUT2D eigenvalue weighted by Gasteiger charge is 2.17. The molecule has 2 aromatic heterocycles. The highest BCUT2D eigenvalue weighted by Crippen LogP contribution is 2.24.